The standard InChI is InChI=1S/C17H24Cl2N2O2/c1-5-21(11-14(22)20-17(2,3)4)15(23)10-9-12-7-6-8-13(18)16(12)19/h6-8H,5,9-11H2,1-4H3,(H,20,22). The Bertz CT molecular complexity index is 568. The van der Waals surface area contributed by atoms with Gasteiger partial charge in [-0.1, -0.05) is 35.3 Å². The summed E-state index contributed by atoms with van der Waals surface area (Å²) >= 11 is 12.1. The van der Waals surface area contributed by atoms with Crippen molar-refractivity contribution < 1.29 is 9.59 Å². The van der Waals surface area contributed by atoms with Gasteiger partial charge in [-0.15, -0.1) is 0 Å². The van der Waals surface area contributed by atoms with Crippen LogP contribution in [0.15, 0.2) is 18.2 Å². The average Bonchev–Trinajstić information content (AvgIpc) is 2.44. The van der Waals surface area contributed by atoms with Crippen LogP contribution >= 0.6 is 23.2 Å². The molecule has 0 spiro atoms. The summed E-state index contributed by atoms with van der Waals surface area (Å²) in [7, 11) is 0. The molecule has 0 heterocycles. The predicted molar refractivity (Wildman–Crippen MR) is 94.9 cm³/mol. The van der Waals surface area contributed by atoms with Crippen LogP contribution in [0.5, 0.6) is 0 Å². The maximum absolute atomic E-state index is 12.3. The van der Waals surface area contributed by atoms with Gasteiger partial charge >= 0.3 is 0 Å². The van der Waals surface area contributed by atoms with Crippen LogP contribution in [0, 0.1) is 0 Å². The maximum atomic E-state index is 12.3. The number of halogens is 2. The SMILES string of the molecule is CCN(CC(=O)NC(C)(C)C)C(=O)CCc1cccc(Cl)c1Cl. The van der Waals surface area contributed by atoms with E-state index in [4.69, 9.17) is 23.2 Å². The van der Waals surface area contributed by atoms with Crippen molar-refractivity contribution in [2.24, 2.45) is 0 Å². The number of nitrogens with zero attached hydrogens (tertiary/aromatic N) is 1. The Labute approximate surface area is 148 Å². The molecule has 0 saturated heterocycles. The Hall–Kier alpha value is -1.26. The summed E-state index contributed by atoms with van der Waals surface area (Å²) in [6.07, 6.45) is 0.784. The van der Waals surface area contributed by atoms with E-state index in [9.17, 15) is 9.59 Å². The van der Waals surface area contributed by atoms with E-state index in [0.29, 0.717) is 23.0 Å². The van der Waals surface area contributed by atoms with Crippen molar-refractivity contribution in [2.75, 3.05) is 13.1 Å². The molecule has 6 heteroatoms. The third kappa shape index (κ3) is 6.80. The Morgan fingerprint density at radius 2 is 1.87 bits per heavy atom. The number of aryl methyl sites for hydroxylation is 1. The van der Waals surface area contributed by atoms with Gasteiger partial charge in [0.2, 0.25) is 11.8 Å². The van der Waals surface area contributed by atoms with Gasteiger partial charge in [0.25, 0.3) is 0 Å². The topological polar surface area (TPSA) is 49.4 Å². The predicted octanol–water partition coefficient (Wildman–Crippen LogP) is 3.69. The summed E-state index contributed by atoms with van der Waals surface area (Å²) < 4.78 is 0. The van der Waals surface area contributed by atoms with Gasteiger partial charge in [0.1, 0.15) is 0 Å². The molecular weight excluding hydrogens is 335 g/mol. The van der Waals surface area contributed by atoms with Gasteiger partial charge in [-0.2, -0.15) is 0 Å². The van der Waals surface area contributed by atoms with E-state index in [2.05, 4.69) is 5.32 Å². The number of carbonyl (C=O) groups excluding carboxylic acids is 2. The first-order valence-corrected chi connectivity index (χ1v) is 8.41. The van der Waals surface area contributed by atoms with Crippen LogP contribution in [-0.2, 0) is 16.0 Å². The summed E-state index contributed by atoms with van der Waals surface area (Å²) in [5, 5.41) is 3.82. The fourth-order valence-electron chi connectivity index (χ4n) is 2.15. The zero-order valence-corrected chi connectivity index (χ0v) is 15.6. The molecule has 0 aromatic heterocycles. The fourth-order valence-corrected chi connectivity index (χ4v) is 2.56. The van der Waals surface area contributed by atoms with Crippen LogP contribution in [0.1, 0.15) is 39.7 Å². The van der Waals surface area contributed by atoms with E-state index in [1.165, 1.54) is 0 Å². The number of amides is 2. The molecule has 0 aliphatic rings. The molecular formula is C17H24Cl2N2O2. The summed E-state index contributed by atoms with van der Waals surface area (Å²) in [6, 6.07) is 5.37. The molecule has 23 heavy (non-hydrogen) atoms. The monoisotopic (exact) mass is 358 g/mol. The van der Waals surface area contributed by atoms with Crippen molar-refractivity contribution in [3.05, 3.63) is 33.8 Å². The summed E-state index contributed by atoms with van der Waals surface area (Å²) in [6.45, 7) is 8.13. The zero-order valence-electron chi connectivity index (χ0n) is 14.1. The number of hydrogen-bond acceptors (Lipinski definition) is 2. The van der Waals surface area contributed by atoms with E-state index in [0.717, 1.165) is 5.56 Å². The molecule has 1 aromatic carbocycles. The van der Waals surface area contributed by atoms with Gasteiger partial charge in [0, 0.05) is 18.5 Å². The van der Waals surface area contributed by atoms with Crippen LogP contribution in [0.2, 0.25) is 10.0 Å². The number of benzene rings is 1. The minimum absolute atomic E-state index is 0.0654. The largest absolute Gasteiger partial charge is 0.350 e. The minimum Gasteiger partial charge on any atom is -0.350 e. The highest BCUT2D eigenvalue weighted by molar-refractivity contribution is 6.42. The number of nitrogens with one attached hydrogen (secondary N) is 1. The zero-order chi connectivity index (χ0) is 17.6. The van der Waals surface area contributed by atoms with Gasteiger partial charge < -0.3 is 10.2 Å². The molecule has 1 rings (SSSR count). The molecule has 0 aliphatic carbocycles. The maximum Gasteiger partial charge on any atom is 0.240 e. The Morgan fingerprint density at radius 1 is 1.22 bits per heavy atom. The van der Waals surface area contributed by atoms with Crippen LogP contribution in [0.4, 0.5) is 0 Å². The normalized spacial score (nSPS) is 11.2. The molecule has 4 nitrogen and oxygen atoms in total. The molecule has 0 radical (unpaired) electrons. The van der Waals surface area contributed by atoms with Crippen LogP contribution < -0.4 is 5.32 Å². The van der Waals surface area contributed by atoms with Gasteiger partial charge in [0.05, 0.1) is 16.6 Å². The molecule has 0 aliphatic heterocycles. The second-order valence-corrected chi connectivity index (χ2v) is 7.20. The second-order valence-electron chi connectivity index (χ2n) is 6.42. The first kappa shape index (κ1) is 19.8. The lowest BCUT2D eigenvalue weighted by molar-refractivity contribution is -0.136. The third-order valence-electron chi connectivity index (χ3n) is 3.22. The molecule has 0 atom stereocenters. The van der Waals surface area contributed by atoms with E-state index < -0.39 is 0 Å². The number of rotatable bonds is 6. The average molecular weight is 359 g/mol. The van der Waals surface area contributed by atoms with E-state index in [1.54, 1.807) is 11.0 Å². The molecule has 1 N–H and O–H groups in total. The molecule has 0 fully saturated rings. The highest BCUT2D eigenvalue weighted by Crippen LogP contribution is 2.26. The van der Waals surface area contributed by atoms with Gasteiger partial charge in [-0.05, 0) is 45.7 Å². The smallest absolute Gasteiger partial charge is 0.240 e. The molecule has 0 bridgehead atoms. The number of hydrogen-bond donors (Lipinski definition) is 1. The highest BCUT2D eigenvalue weighted by atomic mass is 35.5. The van der Waals surface area contributed by atoms with Gasteiger partial charge in [0.15, 0.2) is 0 Å². The first-order valence-electron chi connectivity index (χ1n) is 7.65. The molecule has 128 valence electrons. The van der Waals surface area contributed by atoms with E-state index >= 15 is 0 Å². The molecule has 1 aromatic rings. The van der Waals surface area contributed by atoms with E-state index in [1.807, 2.05) is 39.8 Å². The van der Waals surface area contributed by atoms with E-state index in [-0.39, 0.29) is 30.3 Å². The molecule has 0 saturated carbocycles. The quantitative estimate of drug-likeness (QED) is 0.842. The summed E-state index contributed by atoms with van der Waals surface area (Å²) in [5.41, 5.74) is 0.524. The highest BCUT2D eigenvalue weighted by Gasteiger charge is 2.19. The third-order valence-corrected chi connectivity index (χ3v) is 4.08. The fraction of sp³-hybridized carbons (Fsp3) is 0.529. The first-order chi connectivity index (χ1) is 10.6. The van der Waals surface area contributed by atoms with Gasteiger partial charge in [-0.3, -0.25) is 9.59 Å². The second kappa shape index (κ2) is 8.55. The molecule has 2 amide bonds. The molecule has 0 unspecified atom stereocenters. The van der Waals surface area contributed by atoms with Crippen molar-refractivity contribution in [3.63, 3.8) is 0 Å². The van der Waals surface area contributed by atoms with Crippen molar-refractivity contribution in [1.29, 1.82) is 0 Å². The van der Waals surface area contributed by atoms with Gasteiger partial charge in [-0.25, -0.2) is 0 Å². The van der Waals surface area contributed by atoms with Crippen molar-refractivity contribution in [3.8, 4) is 0 Å². The lowest BCUT2D eigenvalue weighted by Crippen LogP contribution is -2.47. The van der Waals surface area contributed by atoms with Crippen molar-refractivity contribution in [1.82, 2.24) is 10.2 Å². The van der Waals surface area contributed by atoms with Crippen molar-refractivity contribution in [2.45, 2.75) is 46.1 Å². The number of likely N-dealkylation sites (N-methyl/N-ethyl adjacent to an activating group) is 1. The van der Waals surface area contributed by atoms with Crippen LogP contribution in [0.25, 0.3) is 0 Å². The minimum atomic E-state index is -0.312. The Kier molecular flexibility index (Phi) is 7.36. The number of carbonyl (C=O) groups is 2. The van der Waals surface area contributed by atoms with Crippen molar-refractivity contribution >= 4 is 35.0 Å². The lowest BCUT2D eigenvalue weighted by Gasteiger charge is -2.25. The summed E-state index contributed by atoms with van der Waals surface area (Å²) in [4.78, 5) is 25.8. The summed E-state index contributed by atoms with van der Waals surface area (Å²) in [5.74, 6) is -0.235. The van der Waals surface area contributed by atoms with Crippen LogP contribution in [0.3, 0.4) is 0 Å². The Morgan fingerprint density at radius 3 is 2.43 bits per heavy atom. The van der Waals surface area contributed by atoms with Crippen LogP contribution in [-0.4, -0.2) is 35.3 Å². The lowest BCUT2D eigenvalue weighted by atomic mass is 10.1. The Balaban J connectivity index is 2.60.